The molecule has 0 amide bonds. The van der Waals surface area contributed by atoms with Gasteiger partial charge in [-0.25, -0.2) is 0 Å². The summed E-state index contributed by atoms with van der Waals surface area (Å²) in [5.41, 5.74) is 3.64. The number of hydrogen-bond donors (Lipinski definition) is 1. The molecule has 0 spiro atoms. The van der Waals surface area contributed by atoms with Crippen LogP contribution in [0, 0.1) is 31.6 Å². The van der Waals surface area contributed by atoms with E-state index in [2.05, 4.69) is 43.4 Å². The molecule has 2 nitrogen and oxygen atoms in total. The van der Waals surface area contributed by atoms with Crippen LogP contribution in [0.15, 0.2) is 24.3 Å². The number of fused-ring (bicyclic) bond motifs is 2. The quantitative estimate of drug-likeness (QED) is 0.825. The molecule has 0 aliphatic heterocycles. The van der Waals surface area contributed by atoms with Gasteiger partial charge in [-0.1, -0.05) is 18.2 Å². The van der Waals surface area contributed by atoms with Crippen molar-refractivity contribution < 1.29 is 4.74 Å². The Bertz CT molecular complexity index is 506. The van der Waals surface area contributed by atoms with Crippen molar-refractivity contribution in [1.82, 2.24) is 0 Å². The van der Waals surface area contributed by atoms with Crippen molar-refractivity contribution in [2.24, 2.45) is 17.8 Å². The molecule has 2 aliphatic rings. The largest absolute Gasteiger partial charge is 0.496 e. The molecule has 3 rings (SSSR count). The smallest absolute Gasteiger partial charge is 0.126 e. The zero-order chi connectivity index (χ0) is 13.4. The molecule has 1 saturated carbocycles. The highest BCUT2D eigenvalue weighted by Gasteiger charge is 2.35. The Morgan fingerprint density at radius 2 is 2.05 bits per heavy atom. The van der Waals surface area contributed by atoms with Crippen molar-refractivity contribution in [3.8, 4) is 5.75 Å². The summed E-state index contributed by atoms with van der Waals surface area (Å²) in [6.45, 7) is 5.31. The summed E-state index contributed by atoms with van der Waals surface area (Å²) in [5, 5.41) is 3.63. The Kier molecular flexibility index (Phi) is 3.26. The topological polar surface area (TPSA) is 21.3 Å². The van der Waals surface area contributed by atoms with Gasteiger partial charge >= 0.3 is 0 Å². The van der Waals surface area contributed by atoms with E-state index in [9.17, 15) is 0 Å². The molecule has 0 saturated heterocycles. The lowest BCUT2D eigenvalue weighted by molar-refractivity contribution is 0.408. The zero-order valence-electron chi connectivity index (χ0n) is 12.1. The predicted octanol–water partition coefficient (Wildman–Crippen LogP) is 3.94. The zero-order valence-corrected chi connectivity index (χ0v) is 12.1. The van der Waals surface area contributed by atoms with Crippen molar-refractivity contribution >= 4 is 5.69 Å². The number of methoxy groups -OCH3 is 1. The Morgan fingerprint density at radius 3 is 2.68 bits per heavy atom. The summed E-state index contributed by atoms with van der Waals surface area (Å²) in [6, 6.07) is 4.31. The van der Waals surface area contributed by atoms with Gasteiger partial charge in [0.25, 0.3) is 0 Å². The fourth-order valence-electron chi connectivity index (χ4n) is 3.70. The molecule has 1 fully saturated rings. The summed E-state index contributed by atoms with van der Waals surface area (Å²) < 4.78 is 5.49. The molecule has 19 heavy (non-hydrogen) atoms. The Morgan fingerprint density at radius 1 is 1.21 bits per heavy atom. The maximum absolute atomic E-state index is 5.49. The summed E-state index contributed by atoms with van der Waals surface area (Å²) in [6.07, 6.45) is 7.56. The standard InChI is InChI=1S/C17H23NO/c1-11-4-7-16(12(2)17(11)19-3)18-10-15-9-13-5-6-14(15)8-13/h4-7,13-15,18H,8-10H2,1-3H3. The van der Waals surface area contributed by atoms with Crippen LogP contribution in [-0.2, 0) is 0 Å². The van der Waals surface area contributed by atoms with Crippen LogP contribution in [0.1, 0.15) is 24.0 Å². The van der Waals surface area contributed by atoms with Gasteiger partial charge in [0.2, 0.25) is 0 Å². The number of anilines is 1. The fourth-order valence-corrected chi connectivity index (χ4v) is 3.70. The Hall–Kier alpha value is -1.44. The van der Waals surface area contributed by atoms with E-state index in [1.54, 1.807) is 7.11 Å². The van der Waals surface area contributed by atoms with E-state index < -0.39 is 0 Å². The van der Waals surface area contributed by atoms with Crippen molar-refractivity contribution in [2.75, 3.05) is 19.0 Å². The van der Waals surface area contributed by atoms with E-state index in [1.165, 1.54) is 29.7 Å². The Balaban J connectivity index is 1.69. The molecule has 3 unspecified atom stereocenters. The molecule has 3 atom stereocenters. The number of aryl methyl sites for hydroxylation is 1. The van der Waals surface area contributed by atoms with Crippen molar-refractivity contribution in [3.05, 3.63) is 35.4 Å². The van der Waals surface area contributed by atoms with E-state index in [0.29, 0.717) is 0 Å². The molecule has 0 heterocycles. The highest BCUT2D eigenvalue weighted by atomic mass is 16.5. The molecule has 0 radical (unpaired) electrons. The SMILES string of the molecule is COc1c(C)ccc(NCC2CC3C=CC2C3)c1C. The van der Waals surface area contributed by atoms with Gasteiger partial charge in [-0.05, 0) is 56.1 Å². The van der Waals surface area contributed by atoms with Gasteiger partial charge < -0.3 is 10.1 Å². The first-order valence-corrected chi connectivity index (χ1v) is 7.25. The highest BCUT2D eigenvalue weighted by Crippen LogP contribution is 2.43. The third-order valence-electron chi connectivity index (χ3n) is 4.78. The monoisotopic (exact) mass is 257 g/mol. The van der Waals surface area contributed by atoms with Crippen LogP contribution < -0.4 is 10.1 Å². The molecule has 102 valence electrons. The van der Waals surface area contributed by atoms with E-state index in [1.807, 2.05) is 0 Å². The van der Waals surface area contributed by atoms with Crippen LogP contribution in [0.25, 0.3) is 0 Å². The lowest BCUT2D eigenvalue weighted by Gasteiger charge is -2.21. The third kappa shape index (κ3) is 2.24. The van der Waals surface area contributed by atoms with Gasteiger partial charge in [-0.3, -0.25) is 0 Å². The van der Waals surface area contributed by atoms with Gasteiger partial charge in [0.1, 0.15) is 5.75 Å². The molecular weight excluding hydrogens is 234 g/mol. The molecule has 1 N–H and O–H groups in total. The first-order valence-electron chi connectivity index (χ1n) is 7.25. The Labute approximate surface area is 115 Å². The first-order chi connectivity index (χ1) is 9.19. The minimum absolute atomic E-state index is 0.807. The van der Waals surface area contributed by atoms with E-state index in [-0.39, 0.29) is 0 Å². The van der Waals surface area contributed by atoms with Crippen LogP contribution in [0.3, 0.4) is 0 Å². The normalized spacial score (nSPS) is 27.8. The average Bonchev–Trinajstić information content (AvgIpc) is 3.00. The average molecular weight is 257 g/mol. The fraction of sp³-hybridized carbons (Fsp3) is 0.529. The molecule has 2 bridgehead atoms. The number of ether oxygens (including phenoxy) is 1. The van der Waals surface area contributed by atoms with Crippen LogP contribution in [0.2, 0.25) is 0 Å². The van der Waals surface area contributed by atoms with E-state index >= 15 is 0 Å². The van der Waals surface area contributed by atoms with Crippen LogP contribution in [0.4, 0.5) is 5.69 Å². The maximum Gasteiger partial charge on any atom is 0.126 e. The molecular formula is C17H23NO. The van der Waals surface area contributed by atoms with Gasteiger partial charge in [-0.15, -0.1) is 0 Å². The number of rotatable bonds is 4. The minimum Gasteiger partial charge on any atom is -0.496 e. The van der Waals surface area contributed by atoms with E-state index in [4.69, 9.17) is 4.74 Å². The molecule has 2 heteroatoms. The summed E-state index contributed by atoms with van der Waals surface area (Å²) >= 11 is 0. The predicted molar refractivity (Wildman–Crippen MR) is 79.8 cm³/mol. The number of benzene rings is 1. The first kappa shape index (κ1) is 12.6. The summed E-state index contributed by atoms with van der Waals surface area (Å²) in [7, 11) is 1.75. The second-order valence-corrected chi connectivity index (χ2v) is 6.01. The van der Waals surface area contributed by atoms with Gasteiger partial charge in [-0.2, -0.15) is 0 Å². The van der Waals surface area contributed by atoms with E-state index in [0.717, 1.165) is 30.0 Å². The molecule has 1 aromatic rings. The van der Waals surface area contributed by atoms with Gasteiger partial charge in [0.15, 0.2) is 0 Å². The number of hydrogen-bond acceptors (Lipinski definition) is 2. The number of nitrogens with one attached hydrogen (secondary N) is 1. The maximum atomic E-state index is 5.49. The number of allylic oxidation sites excluding steroid dienone is 2. The second kappa shape index (κ2) is 4.92. The van der Waals surface area contributed by atoms with Gasteiger partial charge in [0, 0.05) is 17.8 Å². The third-order valence-corrected chi connectivity index (χ3v) is 4.78. The van der Waals surface area contributed by atoms with Crippen LogP contribution in [-0.4, -0.2) is 13.7 Å². The van der Waals surface area contributed by atoms with Crippen LogP contribution >= 0.6 is 0 Å². The van der Waals surface area contributed by atoms with Crippen molar-refractivity contribution in [3.63, 3.8) is 0 Å². The molecule has 1 aromatic carbocycles. The van der Waals surface area contributed by atoms with Gasteiger partial charge in [0.05, 0.1) is 7.11 Å². The highest BCUT2D eigenvalue weighted by molar-refractivity contribution is 5.59. The lowest BCUT2D eigenvalue weighted by Crippen LogP contribution is -2.18. The summed E-state index contributed by atoms with van der Waals surface area (Å²) in [4.78, 5) is 0. The minimum atomic E-state index is 0.807. The molecule has 0 aromatic heterocycles. The summed E-state index contributed by atoms with van der Waals surface area (Å²) in [5.74, 6) is 3.48. The van der Waals surface area contributed by atoms with Crippen molar-refractivity contribution in [2.45, 2.75) is 26.7 Å². The lowest BCUT2D eigenvalue weighted by atomic mass is 9.93. The molecule has 2 aliphatic carbocycles. The van der Waals surface area contributed by atoms with Crippen molar-refractivity contribution in [1.29, 1.82) is 0 Å². The van der Waals surface area contributed by atoms with Crippen LogP contribution in [0.5, 0.6) is 5.75 Å². The second-order valence-electron chi connectivity index (χ2n) is 6.01.